The van der Waals surface area contributed by atoms with Crippen LogP contribution in [0.2, 0.25) is 0 Å². The van der Waals surface area contributed by atoms with E-state index in [4.69, 9.17) is 0 Å². The van der Waals surface area contributed by atoms with E-state index in [2.05, 4.69) is 14.9 Å². The SMILES string of the molecule is Cn1c(SCCCOCC(F)(F)F)nnc1-c1ccc(F)cc1. The molecule has 0 saturated heterocycles. The van der Waals surface area contributed by atoms with Crippen LogP contribution in [0, 0.1) is 5.82 Å². The van der Waals surface area contributed by atoms with Crippen LogP contribution in [-0.2, 0) is 11.8 Å². The van der Waals surface area contributed by atoms with E-state index in [1.54, 1.807) is 23.7 Å². The third-order valence-corrected chi connectivity index (χ3v) is 3.97. The van der Waals surface area contributed by atoms with Crippen LogP contribution in [0.25, 0.3) is 11.4 Å². The van der Waals surface area contributed by atoms with Crippen LogP contribution < -0.4 is 0 Å². The molecular formula is C14H15F4N3OS. The molecule has 1 aromatic heterocycles. The second-order valence-electron chi connectivity index (χ2n) is 4.74. The van der Waals surface area contributed by atoms with E-state index in [0.29, 0.717) is 23.2 Å². The van der Waals surface area contributed by atoms with Crippen molar-refractivity contribution in [1.29, 1.82) is 0 Å². The van der Waals surface area contributed by atoms with E-state index in [0.717, 1.165) is 5.56 Å². The molecule has 0 N–H and O–H groups in total. The van der Waals surface area contributed by atoms with E-state index in [9.17, 15) is 17.6 Å². The van der Waals surface area contributed by atoms with Crippen LogP contribution in [0.3, 0.4) is 0 Å². The molecule has 2 aromatic rings. The number of hydrogen-bond acceptors (Lipinski definition) is 4. The van der Waals surface area contributed by atoms with E-state index >= 15 is 0 Å². The first-order valence-corrected chi connectivity index (χ1v) is 7.78. The van der Waals surface area contributed by atoms with Gasteiger partial charge in [0, 0.05) is 25.0 Å². The highest BCUT2D eigenvalue weighted by Crippen LogP contribution is 2.23. The maximum absolute atomic E-state index is 12.9. The van der Waals surface area contributed by atoms with E-state index in [-0.39, 0.29) is 12.4 Å². The highest BCUT2D eigenvalue weighted by Gasteiger charge is 2.27. The summed E-state index contributed by atoms with van der Waals surface area (Å²) < 4.78 is 54.9. The normalized spacial score (nSPS) is 11.9. The number of thioether (sulfide) groups is 1. The third kappa shape index (κ3) is 5.51. The number of alkyl halides is 3. The maximum Gasteiger partial charge on any atom is 0.411 e. The molecule has 0 spiro atoms. The Morgan fingerprint density at radius 3 is 2.52 bits per heavy atom. The second kappa shape index (κ2) is 7.78. The lowest BCUT2D eigenvalue weighted by Gasteiger charge is -2.07. The average Bonchev–Trinajstić information content (AvgIpc) is 2.84. The van der Waals surface area contributed by atoms with Gasteiger partial charge in [-0.05, 0) is 30.7 Å². The smallest absolute Gasteiger partial charge is 0.372 e. The molecule has 1 aromatic carbocycles. The van der Waals surface area contributed by atoms with E-state index in [1.165, 1.54) is 23.9 Å². The first kappa shape index (κ1) is 17.7. The highest BCUT2D eigenvalue weighted by molar-refractivity contribution is 7.99. The standard InChI is InChI=1S/C14H15F4N3OS/c1-21-12(10-3-5-11(15)6-4-10)19-20-13(21)23-8-2-7-22-9-14(16,17)18/h3-6H,2,7-9H2,1H3. The first-order chi connectivity index (χ1) is 10.9. The van der Waals surface area contributed by atoms with Gasteiger partial charge in [0.25, 0.3) is 0 Å². The summed E-state index contributed by atoms with van der Waals surface area (Å²) in [6, 6.07) is 5.90. The number of hydrogen-bond donors (Lipinski definition) is 0. The van der Waals surface area contributed by atoms with Gasteiger partial charge in [0.1, 0.15) is 12.4 Å². The third-order valence-electron chi connectivity index (χ3n) is 2.87. The molecule has 0 saturated carbocycles. The summed E-state index contributed by atoms with van der Waals surface area (Å²) in [6.07, 6.45) is -3.82. The molecule has 0 amide bonds. The van der Waals surface area contributed by atoms with Gasteiger partial charge in [-0.25, -0.2) is 4.39 Å². The molecular weight excluding hydrogens is 334 g/mol. The van der Waals surface area contributed by atoms with Crippen LogP contribution in [0.4, 0.5) is 17.6 Å². The number of halogens is 4. The zero-order chi connectivity index (χ0) is 16.9. The predicted octanol–water partition coefficient (Wildman–Crippen LogP) is 3.68. The zero-order valence-corrected chi connectivity index (χ0v) is 13.1. The Hall–Kier alpha value is -1.61. The fourth-order valence-corrected chi connectivity index (χ4v) is 2.63. The molecule has 0 fully saturated rings. The van der Waals surface area contributed by atoms with Gasteiger partial charge in [-0.2, -0.15) is 13.2 Å². The van der Waals surface area contributed by atoms with Gasteiger partial charge in [-0.3, -0.25) is 0 Å². The largest absolute Gasteiger partial charge is 0.411 e. The summed E-state index contributed by atoms with van der Waals surface area (Å²) in [4.78, 5) is 0. The molecule has 4 nitrogen and oxygen atoms in total. The minimum absolute atomic E-state index is 0.0369. The van der Waals surface area contributed by atoms with Crippen LogP contribution in [0.1, 0.15) is 6.42 Å². The van der Waals surface area contributed by atoms with Crippen LogP contribution in [-0.4, -0.2) is 39.9 Å². The summed E-state index contributed by atoms with van der Waals surface area (Å²) >= 11 is 1.38. The Kier molecular flexibility index (Phi) is 6.00. The van der Waals surface area contributed by atoms with Gasteiger partial charge < -0.3 is 9.30 Å². The van der Waals surface area contributed by atoms with Crippen molar-refractivity contribution in [1.82, 2.24) is 14.8 Å². The fourth-order valence-electron chi connectivity index (χ4n) is 1.80. The van der Waals surface area contributed by atoms with Crippen molar-refractivity contribution in [2.45, 2.75) is 17.8 Å². The van der Waals surface area contributed by atoms with Gasteiger partial charge in [-0.15, -0.1) is 10.2 Å². The molecule has 23 heavy (non-hydrogen) atoms. The lowest BCUT2D eigenvalue weighted by Crippen LogP contribution is -2.17. The Balaban J connectivity index is 1.82. The van der Waals surface area contributed by atoms with E-state index < -0.39 is 12.8 Å². The Morgan fingerprint density at radius 1 is 1.17 bits per heavy atom. The molecule has 0 aliphatic carbocycles. The molecule has 9 heteroatoms. The summed E-state index contributed by atoms with van der Waals surface area (Å²) in [5.74, 6) is 0.831. The Morgan fingerprint density at radius 2 is 1.87 bits per heavy atom. The Labute approximate surface area is 134 Å². The van der Waals surface area contributed by atoms with Crippen molar-refractivity contribution in [3.05, 3.63) is 30.1 Å². The summed E-state index contributed by atoms with van der Waals surface area (Å²) in [6.45, 7) is -1.19. The molecule has 0 radical (unpaired) electrons. The Bertz CT molecular complexity index is 628. The maximum atomic E-state index is 12.9. The van der Waals surface area contributed by atoms with Gasteiger partial charge in [0.15, 0.2) is 11.0 Å². The monoisotopic (exact) mass is 349 g/mol. The minimum Gasteiger partial charge on any atom is -0.372 e. The van der Waals surface area contributed by atoms with Gasteiger partial charge in [0.2, 0.25) is 0 Å². The molecule has 0 unspecified atom stereocenters. The molecule has 0 bridgehead atoms. The number of aromatic nitrogens is 3. The average molecular weight is 349 g/mol. The summed E-state index contributed by atoms with van der Waals surface area (Å²) in [5, 5.41) is 8.72. The molecule has 1 heterocycles. The van der Waals surface area contributed by atoms with Crippen molar-refractivity contribution in [3.8, 4) is 11.4 Å². The summed E-state index contributed by atoms with van der Waals surface area (Å²) in [7, 11) is 1.78. The lowest BCUT2D eigenvalue weighted by molar-refractivity contribution is -0.173. The van der Waals surface area contributed by atoms with Gasteiger partial charge >= 0.3 is 6.18 Å². The fraction of sp³-hybridized carbons (Fsp3) is 0.429. The van der Waals surface area contributed by atoms with Gasteiger partial charge in [0.05, 0.1) is 0 Å². The predicted molar refractivity (Wildman–Crippen MR) is 78.6 cm³/mol. The van der Waals surface area contributed by atoms with Gasteiger partial charge in [-0.1, -0.05) is 11.8 Å². The topological polar surface area (TPSA) is 39.9 Å². The number of nitrogens with zero attached hydrogens (tertiary/aromatic N) is 3. The lowest BCUT2D eigenvalue weighted by atomic mass is 10.2. The first-order valence-electron chi connectivity index (χ1n) is 6.79. The van der Waals surface area contributed by atoms with Crippen LogP contribution >= 0.6 is 11.8 Å². The number of rotatable bonds is 7. The highest BCUT2D eigenvalue weighted by atomic mass is 32.2. The van der Waals surface area contributed by atoms with Crippen molar-refractivity contribution < 1.29 is 22.3 Å². The second-order valence-corrected chi connectivity index (χ2v) is 5.80. The van der Waals surface area contributed by atoms with Crippen LogP contribution in [0.15, 0.2) is 29.4 Å². The van der Waals surface area contributed by atoms with Crippen LogP contribution in [0.5, 0.6) is 0 Å². The molecule has 0 atom stereocenters. The van der Waals surface area contributed by atoms with Crippen molar-refractivity contribution in [2.75, 3.05) is 19.0 Å². The van der Waals surface area contributed by atoms with Crippen molar-refractivity contribution in [2.24, 2.45) is 7.05 Å². The summed E-state index contributed by atoms with van der Waals surface area (Å²) in [5.41, 5.74) is 0.738. The van der Waals surface area contributed by atoms with E-state index in [1.807, 2.05) is 0 Å². The molecule has 0 aliphatic rings. The zero-order valence-electron chi connectivity index (χ0n) is 12.3. The van der Waals surface area contributed by atoms with Crippen molar-refractivity contribution in [3.63, 3.8) is 0 Å². The molecule has 2 rings (SSSR count). The molecule has 0 aliphatic heterocycles. The van der Waals surface area contributed by atoms with Crippen molar-refractivity contribution >= 4 is 11.8 Å². The number of benzene rings is 1. The molecule has 126 valence electrons. The number of ether oxygens (including phenoxy) is 1. The quantitative estimate of drug-likeness (QED) is 0.434. The minimum atomic E-state index is -4.29.